The monoisotopic (exact) mass is 159 g/mol. The van der Waals surface area contributed by atoms with Crippen molar-refractivity contribution < 1.29 is 0 Å². The average molecular weight is 159 g/mol. The van der Waals surface area contributed by atoms with Gasteiger partial charge in [0.2, 0.25) is 0 Å². The van der Waals surface area contributed by atoms with Crippen molar-refractivity contribution in [3.8, 4) is 0 Å². The molecular weight excluding hydrogens is 146 g/mol. The molecule has 0 aliphatic rings. The summed E-state index contributed by atoms with van der Waals surface area (Å²) in [6, 6.07) is 8.37. The van der Waals surface area contributed by atoms with Gasteiger partial charge in [0.15, 0.2) is 0 Å². The molecule has 12 heavy (non-hydrogen) atoms. The zero-order chi connectivity index (χ0) is 8.97. The third-order valence-corrected chi connectivity index (χ3v) is 1.79. The number of aryl methyl sites for hydroxylation is 1. The molecule has 0 N–H and O–H groups in total. The van der Waals surface area contributed by atoms with Crippen LogP contribution in [0.15, 0.2) is 35.5 Å². The predicted molar refractivity (Wildman–Crippen MR) is 54.4 cm³/mol. The number of aliphatic imine (C=N–C) groups is 1. The van der Waals surface area contributed by atoms with Crippen LogP contribution in [0.1, 0.15) is 18.1 Å². The fourth-order valence-corrected chi connectivity index (χ4v) is 1.03. The molecule has 1 rings (SSSR count). The molecule has 0 aliphatic carbocycles. The van der Waals surface area contributed by atoms with Crippen molar-refractivity contribution in [1.29, 1.82) is 0 Å². The molecule has 0 radical (unpaired) electrons. The zero-order valence-electron chi connectivity index (χ0n) is 7.54. The lowest BCUT2D eigenvalue weighted by Gasteiger charge is -1.99. The van der Waals surface area contributed by atoms with Gasteiger partial charge in [0, 0.05) is 6.20 Å². The van der Waals surface area contributed by atoms with Crippen molar-refractivity contribution in [2.75, 3.05) is 0 Å². The molecule has 0 fully saturated rings. The summed E-state index contributed by atoms with van der Waals surface area (Å²) in [5.74, 6) is 0. The van der Waals surface area contributed by atoms with Crippen LogP contribution in [0, 0.1) is 6.92 Å². The third-order valence-electron chi connectivity index (χ3n) is 1.79. The first kappa shape index (κ1) is 8.72. The van der Waals surface area contributed by atoms with Crippen molar-refractivity contribution in [1.82, 2.24) is 0 Å². The highest BCUT2D eigenvalue weighted by molar-refractivity contribution is 5.64. The van der Waals surface area contributed by atoms with E-state index < -0.39 is 0 Å². The Bertz CT molecular complexity index is 293. The van der Waals surface area contributed by atoms with Gasteiger partial charge in [-0.2, -0.15) is 0 Å². The normalized spacial score (nSPS) is 11.3. The van der Waals surface area contributed by atoms with Gasteiger partial charge in [-0.05, 0) is 31.7 Å². The Hall–Kier alpha value is -1.37. The maximum absolute atomic E-state index is 3.72. The lowest BCUT2D eigenvalue weighted by atomic mass is 10.1. The largest absolute Gasteiger partial charge is 0.272 e. The molecule has 0 saturated carbocycles. The summed E-state index contributed by atoms with van der Waals surface area (Å²) in [5.41, 5.74) is 3.62. The van der Waals surface area contributed by atoms with Crippen LogP contribution in [-0.4, -0.2) is 6.72 Å². The van der Waals surface area contributed by atoms with Crippen LogP contribution < -0.4 is 0 Å². The highest BCUT2D eigenvalue weighted by Crippen LogP contribution is 2.13. The quantitative estimate of drug-likeness (QED) is 0.588. The Morgan fingerprint density at radius 2 is 1.92 bits per heavy atom. The van der Waals surface area contributed by atoms with E-state index in [2.05, 4.69) is 42.9 Å². The Labute approximate surface area is 73.5 Å². The van der Waals surface area contributed by atoms with E-state index in [1.165, 1.54) is 11.1 Å². The summed E-state index contributed by atoms with van der Waals surface area (Å²) in [6.07, 6.45) is 1.77. The van der Waals surface area contributed by atoms with Crippen LogP contribution in [0.2, 0.25) is 0 Å². The van der Waals surface area contributed by atoms with Crippen LogP contribution in [0.3, 0.4) is 0 Å². The number of hydrogen-bond donors (Lipinski definition) is 0. The van der Waals surface area contributed by atoms with Crippen molar-refractivity contribution in [2.24, 2.45) is 4.99 Å². The lowest BCUT2D eigenvalue weighted by Crippen LogP contribution is -1.78. The van der Waals surface area contributed by atoms with Gasteiger partial charge in [0.05, 0.1) is 0 Å². The van der Waals surface area contributed by atoms with Crippen molar-refractivity contribution in [3.05, 3.63) is 41.6 Å². The van der Waals surface area contributed by atoms with Crippen molar-refractivity contribution >= 4 is 12.3 Å². The summed E-state index contributed by atoms with van der Waals surface area (Å²) < 4.78 is 0. The molecule has 1 heteroatoms. The molecule has 1 aromatic rings. The van der Waals surface area contributed by atoms with Crippen LogP contribution in [-0.2, 0) is 0 Å². The van der Waals surface area contributed by atoms with Crippen LogP contribution in [0.5, 0.6) is 0 Å². The molecule has 0 bridgehead atoms. The van der Waals surface area contributed by atoms with Gasteiger partial charge in [-0.15, -0.1) is 0 Å². The van der Waals surface area contributed by atoms with Gasteiger partial charge in [0.25, 0.3) is 0 Å². The fraction of sp³-hybridized carbons (Fsp3) is 0.182. The maximum atomic E-state index is 3.72. The van der Waals surface area contributed by atoms with E-state index in [9.17, 15) is 0 Å². The number of benzene rings is 1. The smallest absolute Gasteiger partial charge is 0.0295 e. The molecule has 62 valence electrons. The Kier molecular flexibility index (Phi) is 2.81. The number of allylic oxidation sites excluding steroid dienone is 1. The molecule has 0 spiro atoms. The summed E-state index contributed by atoms with van der Waals surface area (Å²) in [5, 5.41) is 0. The molecule has 0 amide bonds. The highest BCUT2D eigenvalue weighted by Gasteiger charge is 1.92. The standard InChI is InChI=1S/C11H13N/c1-9-4-6-11(7-5-9)10(2)8-12-3/h4-8H,3H2,1-2H3/b10-8+. The topological polar surface area (TPSA) is 12.4 Å². The molecule has 0 saturated heterocycles. The second-order valence-corrected chi connectivity index (χ2v) is 2.86. The van der Waals surface area contributed by atoms with Crippen molar-refractivity contribution in [3.63, 3.8) is 0 Å². The van der Waals surface area contributed by atoms with E-state index in [1.807, 2.05) is 6.92 Å². The van der Waals surface area contributed by atoms with Gasteiger partial charge in [0.1, 0.15) is 0 Å². The van der Waals surface area contributed by atoms with Gasteiger partial charge >= 0.3 is 0 Å². The van der Waals surface area contributed by atoms with E-state index in [0.717, 1.165) is 5.57 Å². The van der Waals surface area contributed by atoms with E-state index >= 15 is 0 Å². The minimum absolute atomic E-state index is 1.14. The molecular formula is C11H13N. The van der Waals surface area contributed by atoms with E-state index in [0.29, 0.717) is 0 Å². The highest BCUT2D eigenvalue weighted by atomic mass is 14.6. The predicted octanol–water partition coefficient (Wildman–Crippen LogP) is 3.06. The van der Waals surface area contributed by atoms with Crippen LogP contribution in [0.4, 0.5) is 0 Å². The summed E-state index contributed by atoms with van der Waals surface area (Å²) in [4.78, 5) is 3.72. The van der Waals surface area contributed by atoms with E-state index in [1.54, 1.807) is 6.20 Å². The molecule has 1 aromatic carbocycles. The van der Waals surface area contributed by atoms with Gasteiger partial charge in [-0.25, -0.2) is 0 Å². The number of hydrogen-bond acceptors (Lipinski definition) is 1. The first-order chi connectivity index (χ1) is 5.74. The molecule has 1 nitrogen and oxygen atoms in total. The second-order valence-electron chi connectivity index (χ2n) is 2.86. The van der Waals surface area contributed by atoms with Gasteiger partial charge < -0.3 is 0 Å². The second kappa shape index (κ2) is 3.86. The first-order valence-corrected chi connectivity index (χ1v) is 3.93. The van der Waals surface area contributed by atoms with Gasteiger partial charge in [-0.3, -0.25) is 4.99 Å². The lowest BCUT2D eigenvalue weighted by molar-refractivity contribution is 1.43. The molecule has 0 aromatic heterocycles. The Balaban J connectivity index is 2.97. The Morgan fingerprint density at radius 1 is 1.33 bits per heavy atom. The molecule has 0 aliphatic heterocycles. The summed E-state index contributed by atoms with van der Waals surface area (Å²) in [6.45, 7) is 7.52. The van der Waals surface area contributed by atoms with Crippen LogP contribution in [0.25, 0.3) is 5.57 Å². The van der Waals surface area contributed by atoms with Gasteiger partial charge in [-0.1, -0.05) is 29.8 Å². The molecule has 0 heterocycles. The summed E-state index contributed by atoms with van der Waals surface area (Å²) >= 11 is 0. The SMILES string of the molecule is C=N/C=C(\C)c1ccc(C)cc1. The Morgan fingerprint density at radius 3 is 2.42 bits per heavy atom. The number of nitrogens with zero attached hydrogens (tertiary/aromatic N) is 1. The minimum Gasteiger partial charge on any atom is -0.272 e. The van der Waals surface area contributed by atoms with E-state index in [-0.39, 0.29) is 0 Å². The summed E-state index contributed by atoms with van der Waals surface area (Å²) in [7, 11) is 0. The maximum Gasteiger partial charge on any atom is 0.0295 e. The van der Waals surface area contributed by atoms with E-state index in [4.69, 9.17) is 0 Å². The minimum atomic E-state index is 1.14. The zero-order valence-corrected chi connectivity index (χ0v) is 7.54. The average Bonchev–Trinajstić information content (AvgIpc) is 2.06. The van der Waals surface area contributed by atoms with Crippen LogP contribution >= 0.6 is 0 Å². The first-order valence-electron chi connectivity index (χ1n) is 3.93. The fourth-order valence-electron chi connectivity index (χ4n) is 1.03. The third kappa shape index (κ3) is 2.06. The molecule has 0 atom stereocenters. The number of rotatable bonds is 2. The van der Waals surface area contributed by atoms with Crippen molar-refractivity contribution in [2.45, 2.75) is 13.8 Å². The molecule has 0 unspecified atom stereocenters.